The quantitative estimate of drug-likeness (QED) is 0.786. The molecule has 142 valence electrons. The third kappa shape index (κ3) is 4.83. The number of carbonyl (C=O) groups is 1. The molecule has 1 aromatic carbocycles. The molecule has 0 aliphatic carbocycles. The van der Waals surface area contributed by atoms with Crippen LogP contribution in [-0.2, 0) is 14.6 Å². The number of sulfone groups is 1. The molecule has 25 heavy (non-hydrogen) atoms. The lowest BCUT2D eigenvalue weighted by atomic mass is 9.95. The summed E-state index contributed by atoms with van der Waals surface area (Å²) < 4.78 is 41.9. The molecule has 1 N–H and O–H groups in total. The van der Waals surface area contributed by atoms with Crippen molar-refractivity contribution in [2.75, 3.05) is 39.5 Å². The van der Waals surface area contributed by atoms with Crippen LogP contribution >= 0.6 is 12.4 Å². The van der Waals surface area contributed by atoms with E-state index in [-0.39, 0.29) is 44.1 Å². The van der Waals surface area contributed by atoms with E-state index < -0.39 is 26.3 Å². The normalized spacial score (nSPS) is 16.6. The Morgan fingerprint density at radius 2 is 1.92 bits per heavy atom. The van der Waals surface area contributed by atoms with Gasteiger partial charge in [-0.3, -0.25) is 4.79 Å². The van der Waals surface area contributed by atoms with Gasteiger partial charge in [-0.05, 0) is 38.1 Å². The molecule has 1 aliphatic heterocycles. The molecule has 6 nitrogen and oxygen atoms in total. The second kappa shape index (κ2) is 8.82. The van der Waals surface area contributed by atoms with Gasteiger partial charge in [-0.1, -0.05) is 12.1 Å². The summed E-state index contributed by atoms with van der Waals surface area (Å²) in [5.41, 5.74) is 0. The number of amides is 1. The number of hydrogen-bond acceptors (Lipinski definition) is 5. The van der Waals surface area contributed by atoms with Crippen LogP contribution in [0.3, 0.4) is 0 Å². The standard InChI is InChI=1S/C16H23FN2O4S.ClH/c1-19(11-12-23-14-6-4-3-5-13(14)17)15(20)16(24(2,21)22)7-9-18-10-8-16;/h3-6,18H,7-12H2,1-2H3;1H. The molecule has 0 radical (unpaired) electrons. The number of hydrogen-bond donors (Lipinski definition) is 1. The summed E-state index contributed by atoms with van der Waals surface area (Å²) in [4.78, 5) is 14.1. The molecule has 2 rings (SSSR count). The van der Waals surface area contributed by atoms with Crippen molar-refractivity contribution in [2.45, 2.75) is 17.6 Å². The number of nitrogens with one attached hydrogen (secondary N) is 1. The fraction of sp³-hybridized carbons (Fsp3) is 0.562. The van der Waals surface area contributed by atoms with Gasteiger partial charge in [0.2, 0.25) is 5.91 Å². The molecule has 0 unspecified atom stereocenters. The number of para-hydroxylation sites is 1. The molecule has 1 aromatic rings. The zero-order valence-corrected chi connectivity index (χ0v) is 16.0. The number of piperidine rings is 1. The molecule has 1 saturated heterocycles. The number of ether oxygens (including phenoxy) is 1. The number of nitrogens with zero attached hydrogens (tertiary/aromatic N) is 1. The van der Waals surface area contributed by atoms with Gasteiger partial charge in [0.05, 0.1) is 6.54 Å². The fourth-order valence-corrected chi connectivity index (χ4v) is 4.30. The summed E-state index contributed by atoms with van der Waals surface area (Å²) in [6.45, 7) is 1.23. The molecular formula is C16H24ClFN2O4S. The first kappa shape index (κ1) is 21.7. The van der Waals surface area contributed by atoms with Gasteiger partial charge in [-0.15, -0.1) is 12.4 Å². The van der Waals surface area contributed by atoms with E-state index in [0.717, 1.165) is 6.26 Å². The minimum Gasteiger partial charge on any atom is -0.489 e. The van der Waals surface area contributed by atoms with Gasteiger partial charge < -0.3 is 15.0 Å². The largest absolute Gasteiger partial charge is 0.489 e. The van der Waals surface area contributed by atoms with Crippen molar-refractivity contribution in [1.29, 1.82) is 0 Å². The van der Waals surface area contributed by atoms with Crippen LogP contribution in [0.1, 0.15) is 12.8 Å². The van der Waals surface area contributed by atoms with Crippen LogP contribution < -0.4 is 10.1 Å². The van der Waals surface area contributed by atoms with Crippen LogP contribution in [0.5, 0.6) is 5.75 Å². The van der Waals surface area contributed by atoms with Crippen molar-refractivity contribution < 1.29 is 22.3 Å². The second-order valence-corrected chi connectivity index (χ2v) is 8.35. The van der Waals surface area contributed by atoms with Gasteiger partial charge in [0, 0.05) is 13.3 Å². The fourth-order valence-electron chi connectivity index (χ4n) is 2.88. The Hall–Kier alpha value is -1.38. The lowest BCUT2D eigenvalue weighted by Gasteiger charge is -2.37. The number of halogens is 2. The predicted octanol–water partition coefficient (Wildman–Crippen LogP) is 1.25. The Morgan fingerprint density at radius 1 is 1.32 bits per heavy atom. The summed E-state index contributed by atoms with van der Waals surface area (Å²) in [6.07, 6.45) is 1.62. The molecule has 1 aliphatic rings. The second-order valence-electron chi connectivity index (χ2n) is 6.02. The Morgan fingerprint density at radius 3 is 2.48 bits per heavy atom. The molecule has 1 fully saturated rings. The average molecular weight is 395 g/mol. The molecule has 0 bridgehead atoms. The topological polar surface area (TPSA) is 75.7 Å². The molecule has 0 aromatic heterocycles. The highest BCUT2D eigenvalue weighted by Gasteiger charge is 2.49. The minimum absolute atomic E-state index is 0. The minimum atomic E-state index is -3.55. The van der Waals surface area contributed by atoms with E-state index in [2.05, 4.69) is 5.32 Å². The van der Waals surface area contributed by atoms with Crippen molar-refractivity contribution >= 4 is 28.2 Å². The SMILES string of the molecule is CN(CCOc1ccccc1F)C(=O)C1(S(C)(=O)=O)CCNCC1.Cl. The monoisotopic (exact) mass is 394 g/mol. The van der Waals surface area contributed by atoms with Gasteiger partial charge in [0.15, 0.2) is 26.2 Å². The third-order valence-corrected chi connectivity index (χ3v) is 6.38. The summed E-state index contributed by atoms with van der Waals surface area (Å²) in [5, 5.41) is 3.07. The zero-order chi connectivity index (χ0) is 17.8. The van der Waals surface area contributed by atoms with E-state index >= 15 is 0 Å². The number of carbonyl (C=O) groups excluding carboxylic acids is 1. The molecular weight excluding hydrogens is 371 g/mol. The van der Waals surface area contributed by atoms with Crippen LogP contribution in [0, 0.1) is 5.82 Å². The Balaban J connectivity index is 0.00000312. The maximum absolute atomic E-state index is 13.5. The predicted molar refractivity (Wildman–Crippen MR) is 96.5 cm³/mol. The van der Waals surface area contributed by atoms with Crippen LogP contribution in [-0.4, -0.2) is 63.5 Å². The van der Waals surface area contributed by atoms with Gasteiger partial charge in [-0.2, -0.15) is 0 Å². The third-order valence-electron chi connectivity index (χ3n) is 4.38. The van der Waals surface area contributed by atoms with E-state index in [4.69, 9.17) is 4.74 Å². The first-order valence-electron chi connectivity index (χ1n) is 7.81. The molecule has 1 heterocycles. The van der Waals surface area contributed by atoms with Crippen LogP contribution in [0.25, 0.3) is 0 Å². The molecule has 0 atom stereocenters. The van der Waals surface area contributed by atoms with Gasteiger partial charge in [0.1, 0.15) is 6.61 Å². The maximum atomic E-state index is 13.5. The van der Waals surface area contributed by atoms with E-state index in [1.54, 1.807) is 19.2 Å². The summed E-state index contributed by atoms with van der Waals surface area (Å²) in [7, 11) is -2.00. The van der Waals surface area contributed by atoms with E-state index in [0.29, 0.717) is 13.1 Å². The molecule has 0 saturated carbocycles. The van der Waals surface area contributed by atoms with Crippen molar-refractivity contribution in [1.82, 2.24) is 10.2 Å². The Kier molecular flexibility index (Phi) is 7.64. The van der Waals surface area contributed by atoms with Crippen LogP contribution in [0.2, 0.25) is 0 Å². The first-order valence-corrected chi connectivity index (χ1v) is 9.70. The van der Waals surface area contributed by atoms with Crippen LogP contribution in [0.4, 0.5) is 4.39 Å². The number of rotatable bonds is 6. The van der Waals surface area contributed by atoms with Crippen molar-refractivity contribution in [3.05, 3.63) is 30.1 Å². The summed E-state index contributed by atoms with van der Waals surface area (Å²) in [5.74, 6) is -0.792. The van der Waals surface area contributed by atoms with E-state index in [1.165, 1.54) is 17.0 Å². The molecule has 9 heteroatoms. The Bertz CT molecular complexity index is 693. The van der Waals surface area contributed by atoms with Crippen molar-refractivity contribution in [3.63, 3.8) is 0 Å². The van der Waals surface area contributed by atoms with Gasteiger partial charge in [0.25, 0.3) is 0 Å². The molecule has 0 spiro atoms. The lowest BCUT2D eigenvalue weighted by Crippen LogP contribution is -2.57. The lowest BCUT2D eigenvalue weighted by molar-refractivity contribution is -0.133. The van der Waals surface area contributed by atoms with E-state index in [9.17, 15) is 17.6 Å². The highest BCUT2D eigenvalue weighted by Crippen LogP contribution is 2.29. The van der Waals surface area contributed by atoms with Gasteiger partial charge in [-0.25, -0.2) is 12.8 Å². The van der Waals surface area contributed by atoms with Crippen molar-refractivity contribution in [3.8, 4) is 5.75 Å². The average Bonchev–Trinajstić information content (AvgIpc) is 2.55. The van der Waals surface area contributed by atoms with Gasteiger partial charge >= 0.3 is 0 Å². The summed E-state index contributed by atoms with van der Waals surface area (Å²) >= 11 is 0. The first-order chi connectivity index (χ1) is 11.3. The van der Waals surface area contributed by atoms with Crippen molar-refractivity contribution in [2.24, 2.45) is 0 Å². The Labute approximate surface area is 154 Å². The highest BCUT2D eigenvalue weighted by atomic mass is 35.5. The number of likely N-dealkylation sites (N-methyl/N-ethyl adjacent to an activating group) is 1. The molecule has 1 amide bonds. The number of benzene rings is 1. The van der Waals surface area contributed by atoms with Crippen LogP contribution in [0.15, 0.2) is 24.3 Å². The summed E-state index contributed by atoms with van der Waals surface area (Å²) in [6, 6.07) is 6.01. The zero-order valence-electron chi connectivity index (χ0n) is 14.3. The smallest absolute Gasteiger partial charge is 0.243 e. The highest BCUT2D eigenvalue weighted by molar-refractivity contribution is 7.92. The van der Waals surface area contributed by atoms with E-state index in [1.807, 2.05) is 0 Å². The maximum Gasteiger partial charge on any atom is 0.243 e.